The van der Waals surface area contributed by atoms with Gasteiger partial charge >= 0.3 is 5.97 Å². The summed E-state index contributed by atoms with van der Waals surface area (Å²) in [5, 5.41) is 2.39. The monoisotopic (exact) mass is 403 g/mol. The van der Waals surface area contributed by atoms with Crippen molar-refractivity contribution in [3.05, 3.63) is 82.1 Å². The highest BCUT2D eigenvalue weighted by Gasteiger charge is 2.50. The van der Waals surface area contributed by atoms with Crippen molar-refractivity contribution in [3.8, 4) is 0 Å². The molecule has 1 amide bonds. The summed E-state index contributed by atoms with van der Waals surface area (Å²) in [5.41, 5.74) is -1.25. The van der Waals surface area contributed by atoms with Crippen LogP contribution in [0, 0.1) is 5.82 Å². The first-order valence-corrected chi connectivity index (χ1v) is 8.58. The normalized spacial score (nSPS) is 18.6. The predicted octanol–water partition coefficient (Wildman–Crippen LogP) is 3.46. The van der Waals surface area contributed by atoms with Gasteiger partial charge in [-0.15, -0.1) is 0 Å². The average molecular weight is 404 g/mol. The molecule has 6 nitrogen and oxygen atoms in total. The van der Waals surface area contributed by atoms with E-state index in [1.54, 1.807) is 30.3 Å². The van der Waals surface area contributed by atoms with Crippen LogP contribution in [0.2, 0.25) is 5.02 Å². The molecule has 2 aromatic carbocycles. The minimum Gasteiger partial charge on any atom is -0.456 e. The summed E-state index contributed by atoms with van der Waals surface area (Å²) in [6, 6.07) is 11.6. The minimum atomic E-state index is -1.71. The van der Waals surface area contributed by atoms with Crippen LogP contribution in [0.1, 0.15) is 29.8 Å². The van der Waals surface area contributed by atoms with Crippen LogP contribution >= 0.6 is 11.6 Å². The third-order valence-corrected chi connectivity index (χ3v) is 4.42. The predicted molar refractivity (Wildman–Crippen MR) is 97.6 cm³/mol. The number of amides is 1. The Morgan fingerprint density at radius 2 is 1.86 bits per heavy atom. The summed E-state index contributed by atoms with van der Waals surface area (Å²) in [6.07, 6.45) is 0. The number of halogens is 2. The molecule has 8 heteroatoms. The molecule has 1 N–H and O–H groups in total. The van der Waals surface area contributed by atoms with Crippen molar-refractivity contribution in [2.24, 2.45) is 0 Å². The van der Waals surface area contributed by atoms with E-state index in [9.17, 15) is 18.8 Å². The topological polar surface area (TPSA) is 81.7 Å². The molecule has 0 radical (unpaired) electrons. The zero-order valence-electron chi connectivity index (χ0n) is 14.9. The molecule has 0 fully saturated rings. The number of ketones is 1. The molecular formula is C20H15ClFNO5. The molecule has 1 heterocycles. The summed E-state index contributed by atoms with van der Waals surface area (Å²) in [6.45, 7) is 2.50. The quantitative estimate of drug-likeness (QED) is 0.791. The second-order valence-electron chi connectivity index (χ2n) is 6.16. The third-order valence-electron chi connectivity index (χ3n) is 4.11. The summed E-state index contributed by atoms with van der Waals surface area (Å²) < 4.78 is 24.1. The molecule has 0 bridgehead atoms. The lowest BCUT2D eigenvalue weighted by Crippen LogP contribution is -2.33. The van der Waals surface area contributed by atoms with Gasteiger partial charge in [0.05, 0.1) is 5.02 Å². The highest BCUT2D eigenvalue weighted by Crippen LogP contribution is 2.41. The summed E-state index contributed by atoms with van der Waals surface area (Å²) in [7, 11) is 0. The number of Topliss-reactive ketones (excluding diaryl/α,β-unsaturated/α-hetero) is 1. The molecule has 0 saturated carbocycles. The lowest BCUT2D eigenvalue weighted by molar-refractivity contribution is -0.142. The third kappa shape index (κ3) is 3.61. The van der Waals surface area contributed by atoms with Crippen LogP contribution in [-0.2, 0) is 24.7 Å². The van der Waals surface area contributed by atoms with Crippen LogP contribution in [0.15, 0.2) is 60.2 Å². The van der Waals surface area contributed by atoms with Crippen LogP contribution < -0.4 is 5.32 Å². The van der Waals surface area contributed by atoms with Crippen LogP contribution in [-0.4, -0.2) is 17.7 Å². The number of rotatable bonds is 4. The molecule has 144 valence electrons. The number of carbonyl (C=O) groups excluding carboxylic acids is 3. The van der Waals surface area contributed by atoms with Gasteiger partial charge in [0.1, 0.15) is 5.82 Å². The number of hydrogen-bond donors (Lipinski definition) is 1. The van der Waals surface area contributed by atoms with Crippen molar-refractivity contribution >= 4 is 29.3 Å². The van der Waals surface area contributed by atoms with Crippen molar-refractivity contribution in [1.29, 1.82) is 0 Å². The van der Waals surface area contributed by atoms with Crippen LogP contribution in [0.25, 0.3) is 0 Å². The summed E-state index contributed by atoms with van der Waals surface area (Å²) >= 11 is 6.08. The standard InChI is InChI=1S/C20H15ClFNO5/c1-11(24)27-16-17(25)20(2,14-9-8-13(22)10-15(14)21)28-19(16)23-18(26)12-6-4-3-5-7-12/h3-10H,1-2H3,(H,23,26). The second kappa shape index (κ2) is 7.44. The fourth-order valence-corrected chi connectivity index (χ4v) is 3.10. The van der Waals surface area contributed by atoms with E-state index in [0.717, 1.165) is 19.1 Å². The van der Waals surface area contributed by atoms with Crippen molar-refractivity contribution in [2.45, 2.75) is 19.4 Å². The van der Waals surface area contributed by atoms with Gasteiger partial charge in [-0.05, 0) is 31.2 Å². The Bertz CT molecular complexity index is 1000. The fourth-order valence-electron chi connectivity index (χ4n) is 2.75. The number of benzene rings is 2. The van der Waals surface area contributed by atoms with E-state index < -0.39 is 34.8 Å². The van der Waals surface area contributed by atoms with Gasteiger partial charge in [-0.3, -0.25) is 19.7 Å². The summed E-state index contributed by atoms with van der Waals surface area (Å²) in [5.74, 6) is -3.44. The zero-order chi connectivity index (χ0) is 20.5. The molecule has 3 rings (SSSR count). The van der Waals surface area contributed by atoms with Crippen LogP contribution in [0.4, 0.5) is 4.39 Å². The van der Waals surface area contributed by atoms with E-state index in [-0.39, 0.29) is 16.5 Å². The number of ether oxygens (including phenoxy) is 2. The summed E-state index contributed by atoms with van der Waals surface area (Å²) in [4.78, 5) is 36.9. The molecular weight excluding hydrogens is 389 g/mol. The maximum atomic E-state index is 13.4. The highest BCUT2D eigenvalue weighted by molar-refractivity contribution is 6.32. The maximum Gasteiger partial charge on any atom is 0.308 e. The largest absolute Gasteiger partial charge is 0.456 e. The molecule has 1 aliphatic rings. The first-order valence-electron chi connectivity index (χ1n) is 8.21. The molecule has 1 unspecified atom stereocenters. The van der Waals surface area contributed by atoms with Gasteiger partial charge in [0, 0.05) is 18.1 Å². The first-order chi connectivity index (χ1) is 13.2. The Morgan fingerprint density at radius 3 is 2.46 bits per heavy atom. The van der Waals surface area contributed by atoms with E-state index in [1.165, 1.54) is 13.0 Å². The molecule has 0 saturated heterocycles. The Morgan fingerprint density at radius 1 is 1.18 bits per heavy atom. The molecule has 28 heavy (non-hydrogen) atoms. The van der Waals surface area contributed by atoms with Gasteiger partial charge < -0.3 is 9.47 Å². The lowest BCUT2D eigenvalue weighted by atomic mass is 9.91. The molecule has 0 aliphatic carbocycles. The van der Waals surface area contributed by atoms with Gasteiger partial charge in [-0.2, -0.15) is 0 Å². The smallest absolute Gasteiger partial charge is 0.308 e. The maximum absolute atomic E-state index is 13.4. The molecule has 0 aromatic heterocycles. The Hall–Kier alpha value is -3.19. The van der Waals surface area contributed by atoms with Gasteiger partial charge in [0.25, 0.3) is 11.7 Å². The van der Waals surface area contributed by atoms with Gasteiger partial charge in [-0.1, -0.05) is 35.9 Å². The van der Waals surface area contributed by atoms with Crippen molar-refractivity contribution in [2.75, 3.05) is 0 Å². The second-order valence-corrected chi connectivity index (χ2v) is 6.57. The fraction of sp³-hybridized carbons (Fsp3) is 0.150. The molecule has 0 spiro atoms. The SMILES string of the molecule is CC(=O)OC1=C(NC(=O)c2ccccc2)OC(C)(c2ccc(F)cc2Cl)C1=O. The Labute approximate surface area is 164 Å². The number of esters is 1. The Balaban J connectivity index is 1.98. The van der Waals surface area contributed by atoms with E-state index in [0.29, 0.717) is 5.56 Å². The van der Waals surface area contributed by atoms with Gasteiger partial charge in [0.2, 0.25) is 17.2 Å². The minimum absolute atomic E-state index is 0.0475. The van der Waals surface area contributed by atoms with Gasteiger partial charge in [0.15, 0.2) is 0 Å². The highest BCUT2D eigenvalue weighted by atomic mass is 35.5. The van der Waals surface area contributed by atoms with Crippen molar-refractivity contribution < 1.29 is 28.2 Å². The molecule has 1 aliphatic heterocycles. The van der Waals surface area contributed by atoms with E-state index in [1.807, 2.05) is 0 Å². The van der Waals surface area contributed by atoms with Crippen molar-refractivity contribution in [3.63, 3.8) is 0 Å². The Kier molecular flexibility index (Phi) is 5.20. The molecule has 2 aromatic rings. The number of carbonyl (C=O) groups is 3. The zero-order valence-corrected chi connectivity index (χ0v) is 15.7. The van der Waals surface area contributed by atoms with E-state index >= 15 is 0 Å². The first kappa shape index (κ1) is 19.6. The van der Waals surface area contributed by atoms with Crippen LogP contribution in [0.3, 0.4) is 0 Å². The van der Waals surface area contributed by atoms with Gasteiger partial charge in [-0.25, -0.2) is 4.39 Å². The number of nitrogens with one attached hydrogen (secondary N) is 1. The van der Waals surface area contributed by atoms with Crippen molar-refractivity contribution in [1.82, 2.24) is 5.32 Å². The van der Waals surface area contributed by atoms with Crippen LogP contribution in [0.5, 0.6) is 0 Å². The van der Waals surface area contributed by atoms with E-state index in [4.69, 9.17) is 21.1 Å². The molecule has 1 atom stereocenters. The lowest BCUT2D eigenvalue weighted by Gasteiger charge is -2.24. The number of hydrogen-bond acceptors (Lipinski definition) is 5. The van der Waals surface area contributed by atoms with E-state index in [2.05, 4.69) is 5.32 Å². The average Bonchev–Trinajstić information content (AvgIpc) is 2.87.